The molecule has 0 aliphatic heterocycles. The van der Waals surface area contributed by atoms with Crippen LogP contribution in [0, 0.1) is 5.92 Å². The molecule has 0 saturated heterocycles. The lowest BCUT2D eigenvalue weighted by molar-refractivity contribution is 0.155. The van der Waals surface area contributed by atoms with Gasteiger partial charge in [-0.3, -0.25) is 0 Å². The van der Waals surface area contributed by atoms with E-state index in [0.29, 0.717) is 18.3 Å². The molecule has 1 saturated carbocycles. The molecule has 1 aromatic rings. The Morgan fingerprint density at radius 1 is 1.50 bits per heavy atom. The van der Waals surface area contributed by atoms with Crippen molar-refractivity contribution < 1.29 is 14.3 Å². The van der Waals surface area contributed by atoms with Crippen molar-refractivity contribution in [2.24, 2.45) is 5.92 Å². The summed E-state index contributed by atoms with van der Waals surface area (Å²) in [7, 11) is 1.73. The van der Waals surface area contributed by atoms with Gasteiger partial charge < -0.3 is 19.6 Å². The maximum absolute atomic E-state index is 8.88. The lowest BCUT2D eigenvalue weighted by atomic mass is 10.2. The fourth-order valence-electron chi connectivity index (χ4n) is 1.87. The largest absolute Gasteiger partial charge is 0.462 e. The molecule has 1 fully saturated rings. The second-order valence-corrected chi connectivity index (χ2v) is 4.31. The fourth-order valence-corrected chi connectivity index (χ4v) is 1.87. The summed E-state index contributed by atoms with van der Waals surface area (Å²) in [6, 6.07) is 4.13. The first-order valence-corrected chi connectivity index (χ1v) is 5.74. The van der Waals surface area contributed by atoms with Crippen molar-refractivity contribution in [2.45, 2.75) is 32.0 Å². The minimum absolute atomic E-state index is 0.0376. The summed E-state index contributed by atoms with van der Waals surface area (Å²) in [5.74, 6) is 2.24. The van der Waals surface area contributed by atoms with Crippen LogP contribution in [0.4, 0.5) is 0 Å². The summed E-state index contributed by atoms with van der Waals surface area (Å²) in [4.78, 5) is 0. The van der Waals surface area contributed by atoms with Crippen molar-refractivity contribution in [3.63, 3.8) is 0 Å². The normalized spacial score (nSPS) is 17.6. The van der Waals surface area contributed by atoms with E-state index >= 15 is 0 Å². The number of hydrogen-bond acceptors (Lipinski definition) is 4. The highest BCUT2D eigenvalue weighted by atomic mass is 16.5. The summed E-state index contributed by atoms with van der Waals surface area (Å²) < 4.78 is 10.6. The molecular weight excluding hydrogens is 206 g/mol. The zero-order valence-electron chi connectivity index (χ0n) is 9.61. The van der Waals surface area contributed by atoms with Gasteiger partial charge in [-0.2, -0.15) is 0 Å². The van der Waals surface area contributed by atoms with Crippen LogP contribution in [-0.4, -0.2) is 24.9 Å². The molecule has 1 aliphatic rings. The van der Waals surface area contributed by atoms with E-state index in [2.05, 4.69) is 5.32 Å². The quantitative estimate of drug-likeness (QED) is 0.734. The van der Waals surface area contributed by atoms with Crippen LogP contribution in [0.3, 0.4) is 0 Å². The summed E-state index contributed by atoms with van der Waals surface area (Å²) in [6.07, 6.45) is 2.59. The zero-order valence-corrected chi connectivity index (χ0v) is 9.61. The molecule has 0 radical (unpaired) electrons. The van der Waals surface area contributed by atoms with Crippen molar-refractivity contribution in [1.82, 2.24) is 5.32 Å². The number of aliphatic hydroxyl groups excluding tert-OH is 1. The van der Waals surface area contributed by atoms with Gasteiger partial charge in [-0.15, -0.1) is 0 Å². The maximum atomic E-state index is 8.88. The molecule has 1 aliphatic carbocycles. The Balaban J connectivity index is 1.80. The Labute approximate surface area is 95.6 Å². The minimum Gasteiger partial charge on any atom is -0.462 e. The van der Waals surface area contributed by atoms with Crippen molar-refractivity contribution >= 4 is 0 Å². The van der Waals surface area contributed by atoms with Gasteiger partial charge in [0, 0.05) is 13.2 Å². The molecule has 4 nitrogen and oxygen atoms in total. The molecule has 0 spiro atoms. The number of nitrogens with one attached hydrogen (secondary N) is 1. The Kier molecular flexibility index (Phi) is 3.98. The van der Waals surface area contributed by atoms with Crippen LogP contribution >= 0.6 is 0 Å². The second-order valence-electron chi connectivity index (χ2n) is 4.31. The topological polar surface area (TPSA) is 54.6 Å². The van der Waals surface area contributed by atoms with E-state index in [1.165, 1.54) is 12.8 Å². The number of methoxy groups -OCH3 is 1. The van der Waals surface area contributed by atoms with Crippen LogP contribution in [0.15, 0.2) is 16.5 Å². The van der Waals surface area contributed by atoms with E-state index in [1.807, 2.05) is 6.07 Å². The molecule has 90 valence electrons. The smallest absolute Gasteiger partial charge is 0.129 e. The molecule has 4 heteroatoms. The van der Waals surface area contributed by atoms with Crippen molar-refractivity contribution in [3.8, 4) is 0 Å². The SMILES string of the molecule is COCC(NCc1ccc(CO)o1)C1CC1. The van der Waals surface area contributed by atoms with Crippen molar-refractivity contribution in [2.75, 3.05) is 13.7 Å². The van der Waals surface area contributed by atoms with Crippen molar-refractivity contribution in [3.05, 3.63) is 23.7 Å². The average molecular weight is 225 g/mol. The second kappa shape index (κ2) is 5.48. The first kappa shape index (κ1) is 11.6. The lowest BCUT2D eigenvalue weighted by Crippen LogP contribution is -2.34. The molecule has 1 unspecified atom stereocenters. The summed E-state index contributed by atoms with van der Waals surface area (Å²) >= 11 is 0. The molecule has 0 bridgehead atoms. The Morgan fingerprint density at radius 3 is 2.81 bits per heavy atom. The van der Waals surface area contributed by atoms with Gasteiger partial charge in [0.15, 0.2) is 0 Å². The summed E-state index contributed by atoms with van der Waals surface area (Å²) in [5.41, 5.74) is 0. The molecule has 1 aromatic heterocycles. The average Bonchev–Trinajstić information content (AvgIpc) is 3.03. The molecule has 2 N–H and O–H groups in total. The summed E-state index contributed by atoms with van der Waals surface area (Å²) in [5, 5.41) is 12.3. The number of aliphatic hydroxyl groups is 1. The van der Waals surface area contributed by atoms with E-state index in [9.17, 15) is 0 Å². The lowest BCUT2D eigenvalue weighted by Gasteiger charge is -2.16. The summed E-state index contributed by atoms with van der Waals surface area (Å²) in [6.45, 7) is 1.41. The zero-order chi connectivity index (χ0) is 11.4. The Morgan fingerprint density at radius 2 is 2.25 bits per heavy atom. The number of furan rings is 1. The number of hydrogen-bond donors (Lipinski definition) is 2. The van der Waals surface area contributed by atoms with Gasteiger partial charge in [0.2, 0.25) is 0 Å². The highest BCUT2D eigenvalue weighted by molar-refractivity contribution is 5.06. The van der Waals surface area contributed by atoms with Gasteiger partial charge >= 0.3 is 0 Å². The third-order valence-electron chi connectivity index (χ3n) is 2.95. The van der Waals surface area contributed by atoms with E-state index in [-0.39, 0.29) is 6.61 Å². The molecule has 2 rings (SSSR count). The van der Waals surface area contributed by atoms with Crippen LogP contribution in [0.1, 0.15) is 24.4 Å². The molecule has 1 heterocycles. The highest BCUT2D eigenvalue weighted by Crippen LogP contribution is 2.32. The first-order chi connectivity index (χ1) is 7.83. The van der Waals surface area contributed by atoms with E-state index < -0.39 is 0 Å². The maximum Gasteiger partial charge on any atom is 0.129 e. The highest BCUT2D eigenvalue weighted by Gasteiger charge is 2.30. The van der Waals surface area contributed by atoms with Crippen LogP contribution < -0.4 is 5.32 Å². The van der Waals surface area contributed by atoms with E-state index in [0.717, 1.165) is 18.3 Å². The van der Waals surface area contributed by atoms with Crippen LogP contribution in [-0.2, 0) is 17.9 Å². The third-order valence-corrected chi connectivity index (χ3v) is 2.95. The van der Waals surface area contributed by atoms with Gasteiger partial charge in [-0.05, 0) is 30.9 Å². The number of ether oxygens (including phenoxy) is 1. The molecule has 0 amide bonds. The van der Waals surface area contributed by atoms with Crippen LogP contribution in [0.5, 0.6) is 0 Å². The van der Waals surface area contributed by atoms with Crippen LogP contribution in [0.2, 0.25) is 0 Å². The van der Waals surface area contributed by atoms with E-state index in [4.69, 9.17) is 14.3 Å². The monoisotopic (exact) mass is 225 g/mol. The third kappa shape index (κ3) is 3.07. The number of rotatable bonds is 7. The van der Waals surface area contributed by atoms with Gasteiger partial charge in [0.25, 0.3) is 0 Å². The van der Waals surface area contributed by atoms with Gasteiger partial charge in [-0.25, -0.2) is 0 Å². The molecule has 0 aromatic carbocycles. The van der Waals surface area contributed by atoms with Gasteiger partial charge in [0.05, 0.1) is 13.2 Å². The Hall–Kier alpha value is -0.840. The van der Waals surface area contributed by atoms with Crippen molar-refractivity contribution in [1.29, 1.82) is 0 Å². The minimum atomic E-state index is -0.0376. The predicted molar refractivity (Wildman–Crippen MR) is 59.9 cm³/mol. The predicted octanol–water partition coefficient (Wildman–Crippen LogP) is 1.29. The molecular formula is C12H19NO3. The fraction of sp³-hybridized carbons (Fsp3) is 0.667. The van der Waals surface area contributed by atoms with Gasteiger partial charge in [0.1, 0.15) is 18.1 Å². The van der Waals surface area contributed by atoms with E-state index in [1.54, 1.807) is 13.2 Å². The van der Waals surface area contributed by atoms with Gasteiger partial charge in [-0.1, -0.05) is 0 Å². The molecule has 16 heavy (non-hydrogen) atoms. The standard InChI is InChI=1S/C12H19NO3/c1-15-8-12(9-2-3-9)13-6-10-4-5-11(7-14)16-10/h4-5,9,12-14H,2-3,6-8H2,1H3. The first-order valence-electron chi connectivity index (χ1n) is 5.74. The Bertz CT molecular complexity index is 320. The molecule has 1 atom stereocenters. The van der Waals surface area contributed by atoms with Crippen LogP contribution in [0.25, 0.3) is 0 Å².